The molecule has 0 aliphatic heterocycles. The van der Waals surface area contributed by atoms with Crippen molar-refractivity contribution in [1.82, 2.24) is 21.1 Å². The van der Waals surface area contributed by atoms with E-state index in [1.165, 1.54) is 30.3 Å². The lowest BCUT2D eigenvalue weighted by Crippen LogP contribution is -2.57. The Labute approximate surface area is 223 Å². The predicted octanol–water partition coefficient (Wildman–Crippen LogP) is 1.84. The molecule has 0 bridgehead atoms. The average molecular weight is 550 g/mol. The van der Waals surface area contributed by atoms with Crippen LogP contribution in [0.25, 0.3) is 0 Å². The van der Waals surface area contributed by atoms with Crippen molar-refractivity contribution >= 4 is 46.9 Å². The third-order valence-electron chi connectivity index (χ3n) is 5.30. The van der Waals surface area contributed by atoms with Gasteiger partial charge < -0.3 is 21.5 Å². The Hall–Kier alpha value is -4.19. The van der Waals surface area contributed by atoms with Crippen LogP contribution in [0.3, 0.4) is 0 Å². The van der Waals surface area contributed by atoms with Crippen molar-refractivity contribution in [2.45, 2.75) is 32.9 Å². The summed E-state index contributed by atoms with van der Waals surface area (Å²) in [7, 11) is 0. The van der Waals surface area contributed by atoms with Crippen LogP contribution in [0, 0.1) is 5.41 Å². The maximum absolute atomic E-state index is 13.4. The van der Waals surface area contributed by atoms with Crippen molar-refractivity contribution in [3.8, 4) is 0 Å². The summed E-state index contributed by atoms with van der Waals surface area (Å²) in [6, 6.07) is 9.53. The highest BCUT2D eigenvalue weighted by Crippen LogP contribution is 2.24. The number of hydrogen-bond acceptors (Lipinski definition) is 6. The molecule has 0 aromatic heterocycles. The van der Waals surface area contributed by atoms with Gasteiger partial charge in [-0.15, -0.1) is 0 Å². The van der Waals surface area contributed by atoms with E-state index < -0.39 is 60.3 Å². The minimum atomic E-state index is -1.55. The Kier molecular flexibility index (Phi) is 10.2. The monoisotopic (exact) mass is 549 g/mol. The van der Waals surface area contributed by atoms with Gasteiger partial charge in [-0.1, -0.05) is 62.7 Å². The predicted molar refractivity (Wildman–Crippen MR) is 137 cm³/mol. The largest absolute Gasteiger partial charge is 0.480 e. The summed E-state index contributed by atoms with van der Waals surface area (Å²) in [4.78, 5) is 62.4. The lowest BCUT2D eigenvalue weighted by Gasteiger charge is -2.32. The van der Waals surface area contributed by atoms with Crippen LogP contribution >= 0.6 is 11.6 Å². The van der Waals surface area contributed by atoms with Crippen molar-refractivity contribution in [2.75, 3.05) is 19.0 Å². The SMILES string of the molecule is CC(C)(C)[C@H](NC(=O)c1ccc(N)c(Cl)c1)C(=O)NC(C(=O)NN(CC(=O)O)C(=O)CF)c1ccccc1. The number of carboxylic acids is 1. The zero-order valence-electron chi connectivity index (χ0n) is 21.0. The molecule has 2 aromatic carbocycles. The second-order valence-electron chi connectivity index (χ2n) is 9.34. The van der Waals surface area contributed by atoms with Crippen LogP contribution in [0.5, 0.6) is 0 Å². The van der Waals surface area contributed by atoms with Gasteiger partial charge in [-0.3, -0.25) is 29.4 Å². The number of aliphatic carboxylic acids is 1. The van der Waals surface area contributed by atoms with E-state index in [9.17, 15) is 28.4 Å². The Morgan fingerprint density at radius 2 is 1.66 bits per heavy atom. The zero-order valence-corrected chi connectivity index (χ0v) is 21.7. The number of nitrogens with two attached hydrogens (primary N) is 1. The van der Waals surface area contributed by atoms with Crippen molar-refractivity contribution in [1.29, 1.82) is 0 Å². The number of carbonyl (C=O) groups excluding carboxylic acids is 4. The van der Waals surface area contributed by atoms with Crippen molar-refractivity contribution < 1.29 is 33.5 Å². The highest BCUT2D eigenvalue weighted by Gasteiger charge is 2.36. The minimum absolute atomic E-state index is 0.151. The minimum Gasteiger partial charge on any atom is -0.480 e. The van der Waals surface area contributed by atoms with E-state index >= 15 is 0 Å². The summed E-state index contributed by atoms with van der Waals surface area (Å²) in [5.74, 6) is -5.16. The summed E-state index contributed by atoms with van der Waals surface area (Å²) in [6.45, 7) is 2.52. The van der Waals surface area contributed by atoms with E-state index in [1.807, 2.05) is 0 Å². The van der Waals surface area contributed by atoms with Crippen LogP contribution in [0.15, 0.2) is 48.5 Å². The molecule has 11 nitrogen and oxygen atoms in total. The molecule has 38 heavy (non-hydrogen) atoms. The maximum Gasteiger partial charge on any atom is 0.325 e. The number of carboxylic acid groups (broad SMARTS) is 1. The van der Waals surface area contributed by atoms with E-state index in [0.717, 1.165) is 0 Å². The Balaban J connectivity index is 2.35. The fourth-order valence-corrected chi connectivity index (χ4v) is 3.51. The van der Waals surface area contributed by atoms with Crippen LogP contribution < -0.4 is 21.8 Å². The van der Waals surface area contributed by atoms with Crippen LogP contribution in [-0.2, 0) is 19.2 Å². The molecule has 1 unspecified atom stereocenters. The number of benzene rings is 2. The molecule has 0 radical (unpaired) electrons. The molecule has 0 heterocycles. The molecule has 0 aliphatic rings. The fraction of sp³-hybridized carbons (Fsp3) is 0.320. The molecule has 13 heteroatoms. The van der Waals surface area contributed by atoms with E-state index in [2.05, 4.69) is 16.1 Å². The van der Waals surface area contributed by atoms with Crippen molar-refractivity contribution in [3.05, 3.63) is 64.7 Å². The number of rotatable bonds is 9. The first-order valence-corrected chi connectivity index (χ1v) is 11.7. The topological polar surface area (TPSA) is 171 Å². The van der Waals surface area contributed by atoms with Gasteiger partial charge in [-0.25, -0.2) is 9.40 Å². The molecule has 0 spiro atoms. The molecule has 0 saturated carbocycles. The third-order valence-corrected chi connectivity index (χ3v) is 5.63. The van der Waals surface area contributed by atoms with Gasteiger partial charge in [-0.2, -0.15) is 0 Å². The van der Waals surface area contributed by atoms with Crippen molar-refractivity contribution in [3.63, 3.8) is 0 Å². The number of anilines is 1. The van der Waals surface area contributed by atoms with Crippen LogP contribution in [-0.4, -0.2) is 59.0 Å². The van der Waals surface area contributed by atoms with Gasteiger partial charge in [0, 0.05) is 5.56 Å². The van der Waals surface area contributed by atoms with Gasteiger partial charge in [0.25, 0.3) is 17.7 Å². The number of nitrogens with zero attached hydrogens (tertiary/aromatic N) is 1. The Bertz CT molecular complexity index is 1200. The van der Waals surface area contributed by atoms with Gasteiger partial charge in [0.15, 0.2) is 6.67 Å². The number of halogens is 2. The average Bonchev–Trinajstić information content (AvgIpc) is 2.85. The third kappa shape index (κ3) is 8.17. The summed E-state index contributed by atoms with van der Waals surface area (Å²) in [5, 5.41) is 14.7. The number of amides is 4. The van der Waals surface area contributed by atoms with Crippen LogP contribution in [0.1, 0.15) is 42.7 Å². The standard InChI is InChI=1S/C25H29ClFN5O6/c1-25(2,3)21(30-22(36)15-9-10-17(28)16(26)11-15)24(38)29-20(14-7-5-4-6-8-14)23(37)31-32(13-19(34)35)18(33)12-27/h4-11,20-21H,12-13,28H2,1-3H3,(H,29,38)(H,30,36)(H,31,37)(H,34,35)/t20?,21-/m1/s1. The lowest BCUT2D eigenvalue weighted by atomic mass is 9.85. The zero-order chi connectivity index (χ0) is 28.6. The molecule has 2 atom stereocenters. The molecule has 0 fully saturated rings. The number of hydrogen-bond donors (Lipinski definition) is 5. The normalized spacial score (nSPS) is 12.6. The molecule has 6 N–H and O–H groups in total. The van der Waals surface area contributed by atoms with Crippen LogP contribution in [0.2, 0.25) is 5.02 Å². The molecule has 204 valence electrons. The summed E-state index contributed by atoms with van der Waals surface area (Å²) in [5.41, 5.74) is 7.61. The Morgan fingerprint density at radius 1 is 1.03 bits per heavy atom. The number of alkyl halides is 1. The molecular weight excluding hydrogens is 521 g/mol. The summed E-state index contributed by atoms with van der Waals surface area (Å²) in [6.07, 6.45) is 0. The number of hydrazine groups is 1. The van der Waals surface area contributed by atoms with Crippen molar-refractivity contribution in [2.24, 2.45) is 5.41 Å². The number of nitrogen functional groups attached to an aromatic ring is 1. The van der Waals surface area contributed by atoms with Gasteiger partial charge in [0.05, 0.1) is 10.7 Å². The van der Waals surface area contributed by atoms with E-state index in [-0.39, 0.29) is 21.8 Å². The molecular formula is C25H29ClFN5O6. The highest BCUT2D eigenvalue weighted by molar-refractivity contribution is 6.33. The lowest BCUT2D eigenvalue weighted by molar-refractivity contribution is -0.151. The van der Waals surface area contributed by atoms with Crippen LogP contribution in [0.4, 0.5) is 10.1 Å². The smallest absolute Gasteiger partial charge is 0.325 e. The number of carbonyl (C=O) groups is 5. The first kappa shape index (κ1) is 30.0. The van der Waals surface area contributed by atoms with Gasteiger partial charge >= 0.3 is 5.97 Å². The second-order valence-corrected chi connectivity index (χ2v) is 9.75. The molecule has 0 aliphatic carbocycles. The van der Waals surface area contributed by atoms with E-state index in [1.54, 1.807) is 39.0 Å². The first-order chi connectivity index (χ1) is 17.7. The number of nitrogens with one attached hydrogen (secondary N) is 3. The summed E-state index contributed by atoms with van der Waals surface area (Å²) < 4.78 is 13.0. The van der Waals surface area contributed by atoms with E-state index in [0.29, 0.717) is 5.01 Å². The quantitative estimate of drug-likeness (QED) is 0.234. The first-order valence-electron chi connectivity index (χ1n) is 11.3. The maximum atomic E-state index is 13.4. The second kappa shape index (κ2) is 12.9. The van der Waals surface area contributed by atoms with Gasteiger partial charge in [-0.05, 0) is 29.2 Å². The molecule has 2 aromatic rings. The summed E-state index contributed by atoms with van der Waals surface area (Å²) >= 11 is 6.01. The Morgan fingerprint density at radius 3 is 2.18 bits per heavy atom. The van der Waals surface area contributed by atoms with Gasteiger partial charge in [0.1, 0.15) is 18.6 Å². The highest BCUT2D eigenvalue weighted by atomic mass is 35.5. The molecule has 2 rings (SSSR count). The van der Waals surface area contributed by atoms with Gasteiger partial charge in [0.2, 0.25) is 5.91 Å². The fourth-order valence-electron chi connectivity index (χ4n) is 3.32. The van der Waals surface area contributed by atoms with E-state index in [4.69, 9.17) is 22.4 Å². The molecule has 0 saturated heterocycles. The molecule has 4 amide bonds.